The van der Waals surface area contributed by atoms with Gasteiger partial charge in [-0.05, 0) is 31.6 Å². The third kappa shape index (κ3) is 4.40. The normalized spacial score (nSPS) is 30.7. The Morgan fingerprint density at radius 1 is 1.22 bits per heavy atom. The van der Waals surface area contributed by atoms with Gasteiger partial charge in [-0.15, -0.1) is 0 Å². The SMILES string of the molecule is OCCC1CC(NCC(F)(F)F)CN(C2CC2)C1. The van der Waals surface area contributed by atoms with Crippen molar-refractivity contribution in [2.24, 2.45) is 5.92 Å². The lowest BCUT2D eigenvalue weighted by Gasteiger charge is -2.38. The predicted molar refractivity (Wildman–Crippen MR) is 62.3 cm³/mol. The molecule has 1 aliphatic carbocycles. The molecule has 2 fully saturated rings. The quantitative estimate of drug-likeness (QED) is 0.789. The Morgan fingerprint density at radius 2 is 1.94 bits per heavy atom. The first kappa shape index (κ1) is 14.1. The second-order valence-electron chi connectivity index (χ2n) is 5.49. The number of aliphatic hydroxyl groups is 1. The molecule has 0 radical (unpaired) electrons. The van der Waals surface area contributed by atoms with Gasteiger partial charge in [-0.1, -0.05) is 0 Å². The molecule has 106 valence electrons. The highest BCUT2D eigenvalue weighted by atomic mass is 19.4. The van der Waals surface area contributed by atoms with E-state index in [9.17, 15) is 13.2 Å². The van der Waals surface area contributed by atoms with Crippen LogP contribution in [0.15, 0.2) is 0 Å². The highest BCUT2D eigenvalue weighted by Gasteiger charge is 2.37. The zero-order chi connectivity index (χ0) is 13.2. The summed E-state index contributed by atoms with van der Waals surface area (Å²) in [4.78, 5) is 2.29. The maximum atomic E-state index is 12.2. The summed E-state index contributed by atoms with van der Waals surface area (Å²) in [6, 6.07) is 0.471. The van der Waals surface area contributed by atoms with Gasteiger partial charge in [0.1, 0.15) is 0 Å². The first-order valence-electron chi connectivity index (χ1n) is 6.63. The zero-order valence-corrected chi connectivity index (χ0v) is 10.4. The number of likely N-dealkylation sites (tertiary alicyclic amines) is 1. The van der Waals surface area contributed by atoms with Crippen molar-refractivity contribution in [3.63, 3.8) is 0 Å². The Morgan fingerprint density at radius 3 is 2.50 bits per heavy atom. The number of alkyl halides is 3. The van der Waals surface area contributed by atoms with Crippen LogP contribution in [0.4, 0.5) is 13.2 Å². The topological polar surface area (TPSA) is 35.5 Å². The average molecular weight is 266 g/mol. The summed E-state index contributed by atoms with van der Waals surface area (Å²) in [7, 11) is 0. The standard InChI is InChI=1S/C12H21F3N2O/c13-12(14,15)8-16-10-5-9(3-4-18)6-17(7-10)11-1-2-11/h9-11,16,18H,1-8H2. The lowest BCUT2D eigenvalue weighted by Crippen LogP contribution is -2.51. The smallest absolute Gasteiger partial charge is 0.396 e. The van der Waals surface area contributed by atoms with E-state index < -0.39 is 12.7 Å². The van der Waals surface area contributed by atoms with Crippen molar-refractivity contribution in [1.82, 2.24) is 10.2 Å². The van der Waals surface area contributed by atoms with Gasteiger partial charge in [-0.3, -0.25) is 4.90 Å². The van der Waals surface area contributed by atoms with Gasteiger partial charge in [0.2, 0.25) is 0 Å². The number of hydrogen-bond acceptors (Lipinski definition) is 3. The van der Waals surface area contributed by atoms with Crippen molar-refractivity contribution in [2.75, 3.05) is 26.2 Å². The summed E-state index contributed by atoms with van der Waals surface area (Å²) < 4.78 is 36.6. The van der Waals surface area contributed by atoms with E-state index in [4.69, 9.17) is 5.11 Å². The number of halogens is 3. The first-order valence-corrected chi connectivity index (χ1v) is 6.63. The van der Waals surface area contributed by atoms with Crippen molar-refractivity contribution < 1.29 is 18.3 Å². The Labute approximate surface area is 105 Å². The van der Waals surface area contributed by atoms with Crippen LogP contribution in [0.1, 0.15) is 25.7 Å². The molecular weight excluding hydrogens is 245 g/mol. The van der Waals surface area contributed by atoms with E-state index in [1.165, 1.54) is 0 Å². The third-order valence-electron chi connectivity index (χ3n) is 3.76. The molecule has 1 aliphatic heterocycles. The molecule has 0 bridgehead atoms. The molecule has 18 heavy (non-hydrogen) atoms. The van der Waals surface area contributed by atoms with Crippen LogP contribution in [-0.4, -0.2) is 54.5 Å². The minimum atomic E-state index is -4.14. The third-order valence-corrected chi connectivity index (χ3v) is 3.76. The molecular formula is C12H21F3N2O. The number of rotatable bonds is 5. The average Bonchev–Trinajstić information content (AvgIpc) is 3.09. The number of hydrogen-bond donors (Lipinski definition) is 2. The highest BCUT2D eigenvalue weighted by molar-refractivity contribution is 4.92. The van der Waals surface area contributed by atoms with Gasteiger partial charge in [-0.25, -0.2) is 0 Å². The van der Waals surface area contributed by atoms with E-state index in [-0.39, 0.29) is 12.6 Å². The lowest BCUT2D eigenvalue weighted by atomic mass is 9.91. The number of nitrogens with zero attached hydrogens (tertiary/aromatic N) is 1. The summed E-state index contributed by atoms with van der Waals surface area (Å²) >= 11 is 0. The molecule has 2 N–H and O–H groups in total. The van der Waals surface area contributed by atoms with Crippen LogP contribution in [0, 0.1) is 5.92 Å². The Bertz CT molecular complexity index is 269. The molecule has 0 aromatic heterocycles. The Hall–Kier alpha value is -0.330. The van der Waals surface area contributed by atoms with Crippen LogP contribution in [0.5, 0.6) is 0 Å². The first-order chi connectivity index (χ1) is 8.48. The van der Waals surface area contributed by atoms with Crippen LogP contribution < -0.4 is 5.32 Å². The maximum Gasteiger partial charge on any atom is 0.401 e. The Kier molecular flexibility index (Phi) is 4.50. The largest absolute Gasteiger partial charge is 0.401 e. The van der Waals surface area contributed by atoms with Gasteiger partial charge in [0.15, 0.2) is 0 Å². The second kappa shape index (κ2) is 5.75. The van der Waals surface area contributed by atoms with Crippen LogP contribution >= 0.6 is 0 Å². The molecule has 3 nitrogen and oxygen atoms in total. The molecule has 0 aromatic rings. The number of piperidine rings is 1. The van der Waals surface area contributed by atoms with Gasteiger partial charge in [0.25, 0.3) is 0 Å². The summed E-state index contributed by atoms with van der Waals surface area (Å²) in [5, 5.41) is 11.6. The van der Waals surface area contributed by atoms with Crippen LogP contribution in [0.2, 0.25) is 0 Å². The van der Waals surface area contributed by atoms with Crippen molar-refractivity contribution >= 4 is 0 Å². The van der Waals surface area contributed by atoms with E-state index in [1.54, 1.807) is 0 Å². The molecule has 1 saturated carbocycles. The summed E-state index contributed by atoms with van der Waals surface area (Å²) in [5.74, 6) is 0.315. The lowest BCUT2D eigenvalue weighted by molar-refractivity contribution is -0.127. The molecule has 1 saturated heterocycles. The van der Waals surface area contributed by atoms with Crippen LogP contribution in [-0.2, 0) is 0 Å². The van der Waals surface area contributed by atoms with E-state index in [0.717, 1.165) is 25.8 Å². The molecule has 2 rings (SSSR count). The second-order valence-corrected chi connectivity index (χ2v) is 5.49. The summed E-state index contributed by atoms with van der Waals surface area (Å²) in [6.07, 6.45) is -0.392. The van der Waals surface area contributed by atoms with E-state index >= 15 is 0 Å². The molecule has 1 heterocycles. The van der Waals surface area contributed by atoms with Crippen LogP contribution in [0.25, 0.3) is 0 Å². The number of nitrogens with one attached hydrogen (secondary N) is 1. The zero-order valence-electron chi connectivity index (χ0n) is 10.4. The van der Waals surface area contributed by atoms with Gasteiger partial charge >= 0.3 is 6.18 Å². The molecule has 0 aromatic carbocycles. The van der Waals surface area contributed by atoms with E-state index in [2.05, 4.69) is 10.2 Å². The summed E-state index contributed by atoms with van der Waals surface area (Å²) in [5.41, 5.74) is 0. The minimum absolute atomic E-state index is 0.0995. The number of aliphatic hydroxyl groups excluding tert-OH is 1. The molecule has 2 unspecified atom stereocenters. The molecule has 0 spiro atoms. The molecule has 6 heteroatoms. The van der Waals surface area contributed by atoms with E-state index in [1.807, 2.05) is 0 Å². The maximum absolute atomic E-state index is 12.2. The molecule has 2 atom stereocenters. The Balaban J connectivity index is 1.84. The fraction of sp³-hybridized carbons (Fsp3) is 1.00. The van der Waals surface area contributed by atoms with Crippen molar-refractivity contribution in [3.8, 4) is 0 Å². The fourth-order valence-corrected chi connectivity index (χ4v) is 2.78. The van der Waals surface area contributed by atoms with Gasteiger partial charge in [-0.2, -0.15) is 13.2 Å². The van der Waals surface area contributed by atoms with Crippen LogP contribution in [0.3, 0.4) is 0 Å². The summed E-state index contributed by atoms with van der Waals surface area (Å²) in [6.45, 7) is 0.843. The molecule has 0 amide bonds. The van der Waals surface area contributed by atoms with Gasteiger partial charge in [0.05, 0.1) is 6.54 Å². The van der Waals surface area contributed by atoms with Crippen molar-refractivity contribution in [3.05, 3.63) is 0 Å². The molecule has 2 aliphatic rings. The predicted octanol–water partition coefficient (Wildman–Crippen LogP) is 1.37. The fourth-order valence-electron chi connectivity index (χ4n) is 2.78. The van der Waals surface area contributed by atoms with Crippen molar-refractivity contribution in [2.45, 2.75) is 43.9 Å². The minimum Gasteiger partial charge on any atom is -0.396 e. The van der Waals surface area contributed by atoms with Gasteiger partial charge in [0, 0.05) is 31.8 Å². The van der Waals surface area contributed by atoms with E-state index in [0.29, 0.717) is 24.9 Å². The van der Waals surface area contributed by atoms with Gasteiger partial charge < -0.3 is 10.4 Å². The van der Waals surface area contributed by atoms with Crippen molar-refractivity contribution in [1.29, 1.82) is 0 Å². The monoisotopic (exact) mass is 266 g/mol. The highest BCUT2D eigenvalue weighted by Crippen LogP contribution is 2.32.